The first-order valence-corrected chi connectivity index (χ1v) is 10.1. The number of nitrogens with zero attached hydrogens (tertiary/aromatic N) is 4. The first-order chi connectivity index (χ1) is 14.1. The minimum Gasteiger partial charge on any atom is -0.376 e. The van der Waals surface area contributed by atoms with Gasteiger partial charge in [-0.3, -0.25) is 14.6 Å². The maximum absolute atomic E-state index is 12.8. The smallest absolute Gasteiger partial charge is 0.250 e. The number of rotatable bonds is 6. The molecule has 0 saturated carbocycles. The van der Waals surface area contributed by atoms with Crippen LogP contribution in [0, 0.1) is 11.3 Å². The second-order valence-corrected chi connectivity index (χ2v) is 8.36. The topological polar surface area (TPSA) is 67.7 Å². The van der Waals surface area contributed by atoms with Crippen LogP contribution in [-0.2, 0) is 22.7 Å². The molecule has 0 aromatic carbocycles. The number of amides is 1. The van der Waals surface area contributed by atoms with Gasteiger partial charge in [0.25, 0.3) is 5.56 Å². The molecule has 0 radical (unpaired) electrons. The van der Waals surface area contributed by atoms with Gasteiger partial charge in [0, 0.05) is 62.2 Å². The lowest BCUT2D eigenvalue weighted by Crippen LogP contribution is -2.40. The molecule has 0 bridgehead atoms. The lowest BCUT2D eigenvalue weighted by atomic mass is 9.77. The Hall–Kier alpha value is -2.51. The molecule has 4 rings (SSSR count). The van der Waals surface area contributed by atoms with Gasteiger partial charge in [0.05, 0.1) is 13.2 Å². The number of ether oxygens (including phenoxy) is 1. The van der Waals surface area contributed by atoms with E-state index in [0.717, 1.165) is 38.2 Å². The number of aromatic nitrogens is 2. The zero-order valence-corrected chi connectivity index (χ0v) is 16.9. The molecule has 2 aliphatic rings. The molecule has 154 valence electrons. The summed E-state index contributed by atoms with van der Waals surface area (Å²) < 4.78 is 7.51. The molecule has 1 amide bonds. The van der Waals surface area contributed by atoms with Crippen LogP contribution in [0.1, 0.15) is 12.0 Å². The van der Waals surface area contributed by atoms with E-state index >= 15 is 0 Å². The predicted octanol–water partition coefficient (Wildman–Crippen LogP) is 1.24. The van der Waals surface area contributed by atoms with Crippen molar-refractivity contribution in [1.82, 2.24) is 19.4 Å². The number of carbonyl (C=O) groups excluding carboxylic acids is 1. The molecule has 29 heavy (non-hydrogen) atoms. The summed E-state index contributed by atoms with van der Waals surface area (Å²) in [7, 11) is 2.14. The molecule has 1 spiro atoms. The molecular weight excluding hydrogens is 368 g/mol. The molecule has 4 heterocycles. The second-order valence-electron chi connectivity index (χ2n) is 8.36. The van der Waals surface area contributed by atoms with E-state index in [1.165, 1.54) is 10.6 Å². The third-order valence-electron chi connectivity index (χ3n) is 6.24. The zero-order valence-electron chi connectivity index (χ0n) is 16.9. The van der Waals surface area contributed by atoms with E-state index in [1.54, 1.807) is 24.5 Å². The van der Waals surface area contributed by atoms with Gasteiger partial charge in [0.2, 0.25) is 5.91 Å². The average molecular weight is 396 g/mol. The van der Waals surface area contributed by atoms with Gasteiger partial charge in [-0.05, 0) is 31.2 Å². The Morgan fingerprint density at radius 3 is 2.97 bits per heavy atom. The number of hydrogen-bond acceptors (Lipinski definition) is 5. The maximum Gasteiger partial charge on any atom is 0.250 e. The molecule has 7 heteroatoms. The Bertz CT molecular complexity index is 900. The van der Waals surface area contributed by atoms with Crippen LogP contribution in [0.25, 0.3) is 0 Å². The Morgan fingerprint density at radius 1 is 1.28 bits per heavy atom. The van der Waals surface area contributed by atoms with Crippen LogP contribution in [0.2, 0.25) is 0 Å². The summed E-state index contributed by atoms with van der Waals surface area (Å²) in [4.78, 5) is 33.1. The van der Waals surface area contributed by atoms with E-state index in [0.29, 0.717) is 19.1 Å². The Balaban J connectivity index is 1.37. The van der Waals surface area contributed by atoms with E-state index < -0.39 is 0 Å². The normalized spacial score (nSPS) is 24.4. The van der Waals surface area contributed by atoms with Crippen LogP contribution >= 0.6 is 0 Å². The fourth-order valence-corrected chi connectivity index (χ4v) is 4.74. The Morgan fingerprint density at radius 2 is 2.17 bits per heavy atom. The van der Waals surface area contributed by atoms with Gasteiger partial charge in [-0.25, -0.2) is 0 Å². The molecule has 0 aliphatic carbocycles. The standard InChI is InChI=1S/C22H28N4O3/c1-24-12-19(15-29-14-18-5-4-8-23-11-18)22(16-24)7-10-26(17-22)21(28)13-25-9-3-2-6-20(25)27/h2-6,8-9,11,19H,7,10,12-17H2,1H3/t19-,22+/m0/s1. The van der Waals surface area contributed by atoms with Gasteiger partial charge < -0.3 is 19.1 Å². The molecule has 2 aromatic rings. The molecule has 2 atom stereocenters. The summed E-state index contributed by atoms with van der Waals surface area (Å²) >= 11 is 0. The fourth-order valence-electron chi connectivity index (χ4n) is 4.74. The molecule has 2 aromatic heterocycles. The third-order valence-corrected chi connectivity index (χ3v) is 6.24. The van der Waals surface area contributed by atoms with Gasteiger partial charge >= 0.3 is 0 Å². The summed E-state index contributed by atoms with van der Waals surface area (Å²) in [5.41, 5.74) is 1.00. The first-order valence-electron chi connectivity index (χ1n) is 10.1. The van der Waals surface area contributed by atoms with E-state index in [4.69, 9.17) is 4.74 Å². The van der Waals surface area contributed by atoms with Gasteiger partial charge in [-0.2, -0.15) is 0 Å². The molecule has 2 saturated heterocycles. The summed E-state index contributed by atoms with van der Waals surface area (Å²) in [5.74, 6) is 0.404. The summed E-state index contributed by atoms with van der Waals surface area (Å²) in [6.45, 7) is 4.78. The lowest BCUT2D eigenvalue weighted by molar-refractivity contribution is -0.131. The van der Waals surface area contributed by atoms with Gasteiger partial charge in [-0.1, -0.05) is 12.1 Å². The highest BCUT2D eigenvalue weighted by Crippen LogP contribution is 2.43. The van der Waals surface area contributed by atoms with Gasteiger partial charge in [-0.15, -0.1) is 0 Å². The minimum atomic E-state index is -0.142. The SMILES string of the molecule is CN1C[C@@H](COCc2cccnc2)[C@]2(CCN(C(=O)Cn3ccccc3=O)C2)C1. The van der Waals surface area contributed by atoms with E-state index in [9.17, 15) is 9.59 Å². The minimum absolute atomic E-state index is 0.0137. The molecule has 2 aliphatic heterocycles. The average Bonchev–Trinajstić information content (AvgIpc) is 3.28. The zero-order chi connectivity index (χ0) is 20.3. The van der Waals surface area contributed by atoms with Crippen molar-refractivity contribution < 1.29 is 9.53 Å². The highest BCUT2D eigenvalue weighted by atomic mass is 16.5. The predicted molar refractivity (Wildman–Crippen MR) is 109 cm³/mol. The summed E-state index contributed by atoms with van der Waals surface area (Å²) in [6.07, 6.45) is 6.24. The molecule has 7 nitrogen and oxygen atoms in total. The molecule has 0 unspecified atom stereocenters. The number of pyridine rings is 2. The first kappa shape index (κ1) is 19.8. The monoisotopic (exact) mass is 396 g/mol. The van der Waals surface area contributed by atoms with Crippen molar-refractivity contribution in [2.24, 2.45) is 11.3 Å². The van der Waals surface area contributed by atoms with Crippen molar-refractivity contribution in [2.75, 3.05) is 39.8 Å². The van der Waals surface area contributed by atoms with E-state index in [1.807, 2.05) is 23.2 Å². The molecule has 0 N–H and O–H groups in total. The second kappa shape index (κ2) is 8.47. The van der Waals surface area contributed by atoms with Crippen LogP contribution in [0.5, 0.6) is 0 Å². The van der Waals surface area contributed by atoms with Crippen molar-refractivity contribution in [3.63, 3.8) is 0 Å². The fraction of sp³-hybridized carbons (Fsp3) is 0.500. The van der Waals surface area contributed by atoms with Crippen molar-refractivity contribution in [1.29, 1.82) is 0 Å². The highest BCUT2D eigenvalue weighted by Gasteiger charge is 2.50. The van der Waals surface area contributed by atoms with E-state index in [2.05, 4.69) is 16.9 Å². The van der Waals surface area contributed by atoms with Crippen LogP contribution in [0.15, 0.2) is 53.7 Å². The molecular formula is C22H28N4O3. The quantitative estimate of drug-likeness (QED) is 0.735. The summed E-state index contributed by atoms with van der Waals surface area (Å²) in [6, 6.07) is 8.90. The maximum atomic E-state index is 12.8. The Kier molecular flexibility index (Phi) is 5.78. The van der Waals surface area contributed by atoms with Crippen LogP contribution in [0.3, 0.4) is 0 Å². The van der Waals surface area contributed by atoms with Crippen molar-refractivity contribution >= 4 is 5.91 Å². The lowest BCUT2D eigenvalue weighted by Gasteiger charge is -2.30. The van der Waals surface area contributed by atoms with Crippen molar-refractivity contribution in [2.45, 2.75) is 19.6 Å². The van der Waals surface area contributed by atoms with Gasteiger partial charge in [0.15, 0.2) is 0 Å². The van der Waals surface area contributed by atoms with Gasteiger partial charge in [0.1, 0.15) is 6.54 Å². The van der Waals surface area contributed by atoms with E-state index in [-0.39, 0.29) is 23.4 Å². The summed E-state index contributed by atoms with van der Waals surface area (Å²) in [5, 5.41) is 0. The number of hydrogen-bond donors (Lipinski definition) is 0. The Labute approximate surface area is 170 Å². The number of likely N-dealkylation sites (tertiary alicyclic amines) is 2. The van der Waals surface area contributed by atoms with Crippen LogP contribution < -0.4 is 5.56 Å². The number of carbonyl (C=O) groups is 1. The largest absolute Gasteiger partial charge is 0.376 e. The molecule has 2 fully saturated rings. The van der Waals surface area contributed by atoms with Crippen LogP contribution in [0.4, 0.5) is 0 Å². The third kappa shape index (κ3) is 4.41. The van der Waals surface area contributed by atoms with Crippen LogP contribution in [-0.4, -0.2) is 65.1 Å². The van der Waals surface area contributed by atoms with Crippen molar-refractivity contribution in [3.8, 4) is 0 Å². The van der Waals surface area contributed by atoms with Crippen molar-refractivity contribution in [3.05, 3.63) is 64.8 Å². The highest BCUT2D eigenvalue weighted by molar-refractivity contribution is 5.76.